The van der Waals surface area contributed by atoms with E-state index in [1.54, 1.807) is 0 Å². The van der Waals surface area contributed by atoms with Crippen LogP contribution in [-0.2, 0) is 4.74 Å². The number of alkyl halides is 2. The topological polar surface area (TPSA) is 9.23 Å². The fourth-order valence-electron chi connectivity index (χ4n) is 2.16. The van der Waals surface area contributed by atoms with Gasteiger partial charge in [0.2, 0.25) is 5.92 Å². The van der Waals surface area contributed by atoms with E-state index in [4.69, 9.17) is 4.74 Å². The summed E-state index contributed by atoms with van der Waals surface area (Å²) in [6, 6.07) is 0. The fraction of sp³-hybridized carbons (Fsp3) is 1.00. The molecule has 0 aromatic carbocycles. The second kappa shape index (κ2) is 5.24. The molecule has 0 aromatic rings. The number of rotatable bonds is 4. The summed E-state index contributed by atoms with van der Waals surface area (Å²) >= 11 is 0. The molecule has 90 valence electrons. The zero-order valence-electron chi connectivity index (χ0n) is 9.93. The Kier molecular flexibility index (Phi) is 4.50. The number of hydrogen-bond acceptors (Lipinski definition) is 1. The van der Waals surface area contributed by atoms with Gasteiger partial charge < -0.3 is 4.74 Å². The first-order valence-electron chi connectivity index (χ1n) is 5.89. The molecular formula is C12H22F2O. The summed E-state index contributed by atoms with van der Waals surface area (Å²) < 4.78 is 31.6. The molecular weight excluding hydrogens is 198 g/mol. The Morgan fingerprint density at radius 1 is 1.20 bits per heavy atom. The van der Waals surface area contributed by atoms with Gasteiger partial charge in [-0.2, -0.15) is 0 Å². The molecule has 3 heteroatoms. The lowest BCUT2D eigenvalue weighted by atomic mass is 9.79. The summed E-state index contributed by atoms with van der Waals surface area (Å²) in [6.07, 6.45) is 3.32. The smallest absolute Gasteiger partial charge is 0.248 e. The number of ether oxygens (including phenoxy) is 1. The molecule has 1 aliphatic carbocycles. The summed E-state index contributed by atoms with van der Waals surface area (Å²) in [4.78, 5) is 0. The Hall–Kier alpha value is -0.180. The van der Waals surface area contributed by atoms with Crippen LogP contribution >= 0.6 is 0 Å². The van der Waals surface area contributed by atoms with Gasteiger partial charge in [-0.25, -0.2) is 8.78 Å². The van der Waals surface area contributed by atoms with Crippen molar-refractivity contribution in [1.29, 1.82) is 0 Å². The highest BCUT2D eigenvalue weighted by Crippen LogP contribution is 2.38. The van der Waals surface area contributed by atoms with E-state index < -0.39 is 11.8 Å². The van der Waals surface area contributed by atoms with Crippen molar-refractivity contribution in [3.05, 3.63) is 0 Å². The Morgan fingerprint density at radius 2 is 1.73 bits per heavy atom. The molecule has 0 aliphatic heterocycles. The van der Waals surface area contributed by atoms with Gasteiger partial charge in [-0.1, -0.05) is 0 Å². The molecule has 0 N–H and O–H groups in total. The van der Waals surface area contributed by atoms with E-state index in [2.05, 4.69) is 0 Å². The summed E-state index contributed by atoms with van der Waals surface area (Å²) in [7, 11) is 0. The SMILES string of the molecule is CC(C)OCC1CCC(C(C)(F)F)CC1. The van der Waals surface area contributed by atoms with Crippen LogP contribution in [-0.4, -0.2) is 18.6 Å². The van der Waals surface area contributed by atoms with E-state index in [1.165, 1.54) is 0 Å². The molecule has 1 aliphatic rings. The maximum absolute atomic E-state index is 13.0. The lowest BCUT2D eigenvalue weighted by Gasteiger charge is -2.32. The van der Waals surface area contributed by atoms with Gasteiger partial charge in [-0.15, -0.1) is 0 Å². The van der Waals surface area contributed by atoms with Crippen LogP contribution in [0, 0.1) is 11.8 Å². The van der Waals surface area contributed by atoms with Crippen molar-refractivity contribution in [1.82, 2.24) is 0 Å². The normalized spacial score (nSPS) is 28.4. The zero-order valence-corrected chi connectivity index (χ0v) is 9.93. The second-order valence-corrected chi connectivity index (χ2v) is 5.06. The van der Waals surface area contributed by atoms with E-state index >= 15 is 0 Å². The molecule has 0 radical (unpaired) electrons. The highest BCUT2D eigenvalue weighted by molar-refractivity contribution is 4.79. The first kappa shape index (κ1) is 12.9. The average molecular weight is 220 g/mol. The monoisotopic (exact) mass is 220 g/mol. The lowest BCUT2D eigenvalue weighted by molar-refractivity contribution is -0.0641. The van der Waals surface area contributed by atoms with E-state index in [9.17, 15) is 8.78 Å². The molecule has 0 heterocycles. The maximum Gasteiger partial charge on any atom is 0.248 e. The largest absolute Gasteiger partial charge is 0.379 e. The minimum absolute atomic E-state index is 0.246. The average Bonchev–Trinajstić information content (AvgIpc) is 2.14. The third-order valence-corrected chi connectivity index (χ3v) is 3.23. The Balaban J connectivity index is 2.24. The minimum atomic E-state index is -2.50. The Labute approximate surface area is 91.2 Å². The lowest BCUT2D eigenvalue weighted by Crippen LogP contribution is -2.30. The fourth-order valence-corrected chi connectivity index (χ4v) is 2.16. The summed E-state index contributed by atoms with van der Waals surface area (Å²) in [5.74, 6) is -2.41. The third kappa shape index (κ3) is 4.45. The van der Waals surface area contributed by atoms with Crippen molar-refractivity contribution < 1.29 is 13.5 Å². The molecule has 0 unspecified atom stereocenters. The molecule has 1 nitrogen and oxygen atoms in total. The van der Waals surface area contributed by atoms with Crippen molar-refractivity contribution in [2.24, 2.45) is 11.8 Å². The molecule has 1 fully saturated rings. The predicted octanol–water partition coefficient (Wildman–Crippen LogP) is 3.87. The highest BCUT2D eigenvalue weighted by atomic mass is 19.3. The van der Waals surface area contributed by atoms with E-state index in [1.807, 2.05) is 13.8 Å². The third-order valence-electron chi connectivity index (χ3n) is 3.23. The molecule has 1 saturated carbocycles. The van der Waals surface area contributed by atoms with Crippen molar-refractivity contribution in [2.45, 2.75) is 58.5 Å². The van der Waals surface area contributed by atoms with Gasteiger partial charge in [0, 0.05) is 12.5 Å². The molecule has 1 rings (SSSR count). The van der Waals surface area contributed by atoms with Gasteiger partial charge in [0.1, 0.15) is 0 Å². The second-order valence-electron chi connectivity index (χ2n) is 5.06. The zero-order chi connectivity index (χ0) is 11.5. The van der Waals surface area contributed by atoms with Gasteiger partial charge in [-0.05, 0) is 52.4 Å². The van der Waals surface area contributed by atoms with Crippen molar-refractivity contribution >= 4 is 0 Å². The predicted molar refractivity (Wildman–Crippen MR) is 57.2 cm³/mol. The molecule has 0 saturated heterocycles. The molecule has 15 heavy (non-hydrogen) atoms. The highest BCUT2D eigenvalue weighted by Gasteiger charge is 2.36. The van der Waals surface area contributed by atoms with Crippen molar-refractivity contribution in [3.8, 4) is 0 Å². The summed E-state index contributed by atoms with van der Waals surface area (Å²) in [5.41, 5.74) is 0. The standard InChI is InChI=1S/C12H22F2O/c1-9(2)15-8-10-4-6-11(7-5-10)12(3,13)14/h9-11H,4-8H2,1-3H3. The van der Waals surface area contributed by atoms with E-state index in [0.29, 0.717) is 18.8 Å². The Morgan fingerprint density at radius 3 is 2.13 bits per heavy atom. The van der Waals surface area contributed by atoms with E-state index in [0.717, 1.165) is 26.4 Å². The van der Waals surface area contributed by atoms with Gasteiger partial charge in [0.15, 0.2) is 0 Å². The number of hydrogen-bond donors (Lipinski definition) is 0. The van der Waals surface area contributed by atoms with Crippen LogP contribution in [0.25, 0.3) is 0 Å². The Bertz CT molecular complexity index is 179. The van der Waals surface area contributed by atoms with Crippen LogP contribution in [0.1, 0.15) is 46.5 Å². The van der Waals surface area contributed by atoms with Crippen LogP contribution in [0.15, 0.2) is 0 Å². The molecule has 0 atom stereocenters. The van der Waals surface area contributed by atoms with Crippen molar-refractivity contribution in [2.75, 3.05) is 6.61 Å². The first-order chi connectivity index (χ1) is 6.89. The van der Waals surface area contributed by atoms with Gasteiger partial charge >= 0.3 is 0 Å². The minimum Gasteiger partial charge on any atom is -0.379 e. The summed E-state index contributed by atoms with van der Waals surface area (Å²) in [5, 5.41) is 0. The molecule has 0 bridgehead atoms. The van der Waals surface area contributed by atoms with E-state index in [-0.39, 0.29) is 6.10 Å². The number of halogens is 2. The van der Waals surface area contributed by atoms with Gasteiger partial charge in [0.25, 0.3) is 0 Å². The van der Waals surface area contributed by atoms with Crippen LogP contribution in [0.2, 0.25) is 0 Å². The van der Waals surface area contributed by atoms with Crippen LogP contribution in [0.4, 0.5) is 8.78 Å². The van der Waals surface area contributed by atoms with Crippen LogP contribution in [0.5, 0.6) is 0 Å². The molecule has 0 spiro atoms. The van der Waals surface area contributed by atoms with Crippen LogP contribution in [0.3, 0.4) is 0 Å². The van der Waals surface area contributed by atoms with Gasteiger partial charge in [0.05, 0.1) is 6.10 Å². The summed E-state index contributed by atoms with van der Waals surface area (Å²) in [6.45, 7) is 5.79. The van der Waals surface area contributed by atoms with Crippen LogP contribution < -0.4 is 0 Å². The molecule has 0 aromatic heterocycles. The van der Waals surface area contributed by atoms with Gasteiger partial charge in [-0.3, -0.25) is 0 Å². The first-order valence-corrected chi connectivity index (χ1v) is 5.89. The maximum atomic E-state index is 13.0. The van der Waals surface area contributed by atoms with Crippen molar-refractivity contribution in [3.63, 3.8) is 0 Å². The molecule has 0 amide bonds. The quantitative estimate of drug-likeness (QED) is 0.698.